The van der Waals surface area contributed by atoms with E-state index in [-0.39, 0.29) is 23.9 Å². The summed E-state index contributed by atoms with van der Waals surface area (Å²) in [4.78, 5) is 18.3. The molecule has 0 N–H and O–H groups in total. The van der Waals surface area contributed by atoms with Gasteiger partial charge in [0.1, 0.15) is 11.1 Å². The first-order valence-electron chi connectivity index (χ1n) is 7.59. The van der Waals surface area contributed by atoms with Crippen LogP contribution in [0.2, 0.25) is 0 Å². The van der Waals surface area contributed by atoms with Crippen molar-refractivity contribution in [1.29, 1.82) is 0 Å². The number of hydrogen-bond donors (Lipinski definition) is 0. The summed E-state index contributed by atoms with van der Waals surface area (Å²) in [6.45, 7) is 0.239. The lowest BCUT2D eigenvalue weighted by atomic mass is 10.2. The van der Waals surface area contributed by atoms with Gasteiger partial charge in [-0.2, -0.15) is 0 Å². The van der Waals surface area contributed by atoms with Crippen molar-refractivity contribution in [3.63, 3.8) is 0 Å². The lowest BCUT2D eigenvalue weighted by Gasteiger charge is -2.38. The number of halogens is 1. The maximum atomic E-state index is 13.0. The molecule has 0 aliphatic carbocycles. The molecule has 25 heavy (non-hydrogen) atoms. The topological polar surface area (TPSA) is 67.3 Å². The Balaban J connectivity index is 1.49. The number of sulfone groups is 1. The van der Waals surface area contributed by atoms with Crippen molar-refractivity contribution in [3.05, 3.63) is 59.4 Å². The van der Waals surface area contributed by atoms with Gasteiger partial charge in [0.15, 0.2) is 14.8 Å². The Kier molecular flexibility index (Phi) is 3.81. The zero-order valence-corrected chi connectivity index (χ0v) is 14.6. The maximum Gasteiger partial charge on any atom is 0.282 e. The van der Waals surface area contributed by atoms with Gasteiger partial charge in [0.05, 0.1) is 15.1 Å². The van der Waals surface area contributed by atoms with Crippen LogP contribution in [0.4, 0.5) is 4.39 Å². The third-order valence-electron chi connectivity index (χ3n) is 4.19. The number of carbonyl (C=O) groups excluding carboxylic acids is 1. The molecule has 1 aromatic heterocycles. The maximum absolute atomic E-state index is 13.0. The van der Waals surface area contributed by atoms with Crippen LogP contribution in [0.3, 0.4) is 0 Å². The average molecular weight is 376 g/mol. The molecular formula is C17H13FN2O3S2. The fourth-order valence-electron chi connectivity index (χ4n) is 2.72. The normalized spacial score (nSPS) is 15.3. The molecule has 1 amide bonds. The summed E-state index contributed by atoms with van der Waals surface area (Å²) < 4.78 is 38.9. The highest BCUT2D eigenvalue weighted by molar-refractivity contribution is 7.92. The van der Waals surface area contributed by atoms with Gasteiger partial charge in [0, 0.05) is 13.1 Å². The summed E-state index contributed by atoms with van der Waals surface area (Å²) in [5.41, 5.74) is 0.756. The molecule has 0 bridgehead atoms. The summed E-state index contributed by atoms with van der Waals surface area (Å²) in [6.07, 6.45) is 0. The number of likely N-dealkylation sites (tertiary alicyclic amines) is 1. The summed E-state index contributed by atoms with van der Waals surface area (Å²) in [5, 5.41) is -0.310. The first kappa shape index (κ1) is 16.2. The van der Waals surface area contributed by atoms with Gasteiger partial charge in [-0.3, -0.25) is 4.79 Å². The number of rotatable bonds is 3. The molecule has 3 aromatic rings. The number of para-hydroxylation sites is 1. The Bertz CT molecular complexity index is 1020. The number of aromatic nitrogens is 1. The zero-order chi connectivity index (χ0) is 17.6. The van der Waals surface area contributed by atoms with Gasteiger partial charge in [0.2, 0.25) is 0 Å². The van der Waals surface area contributed by atoms with Gasteiger partial charge >= 0.3 is 0 Å². The van der Waals surface area contributed by atoms with Crippen LogP contribution in [0.25, 0.3) is 10.2 Å². The fourth-order valence-corrected chi connectivity index (χ4v) is 5.30. The molecule has 0 atom stereocenters. The smallest absolute Gasteiger partial charge is 0.282 e. The second kappa shape index (κ2) is 5.89. The van der Waals surface area contributed by atoms with E-state index < -0.39 is 20.9 Å². The monoisotopic (exact) mass is 376 g/mol. The quantitative estimate of drug-likeness (QED) is 0.659. The van der Waals surface area contributed by atoms with Crippen molar-refractivity contribution in [2.45, 2.75) is 10.1 Å². The highest BCUT2D eigenvalue weighted by atomic mass is 32.2. The molecular weight excluding hydrogens is 363 g/mol. The van der Waals surface area contributed by atoms with Crippen molar-refractivity contribution < 1.29 is 17.6 Å². The Morgan fingerprint density at radius 1 is 1.12 bits per heavy atom. The van der Waals surface area contributed by atoms with Crippen molar-refractivity contribution in [3.8, 4) is 0 Å². The highest BCUT2D eigenvalue weighted by Gasteiger charge is 2.41. The number of benzene rings is 2. The first-order chi connectivity index (χ1) is 11.9. The second-order valence-corrected chi connectivity index (χ2v) is 9.08. The standard InChI is InChI=1S/C17H13FN2O3S2/c18-11-5-7-12(8-6-11)25(22,23)13-9-20(10-13)17(21)16-19-14-3-1-2-4-15(14)24-16/h1-8,13H,9-10H2. The van der Waals surface area contributed by atoms with Gasteiger partial charge in [-0.05, 0) is 36.4 Å². The molecule has 2 aromatic carbocycles. The summed E-state index contributed by atoms with van der Waals surface area (Å²) in [6, 6.07) is 12.2. The van der Waals surface area contributed by atoms with Crippen LogP contribution in [0.15, 0.2) is 53.4 Å². The molecule has 1 aliphatic heterocycles. The molecule has 1 saturated heterocycles. The second-order valence-electron chi connectivity index (χ2n) is 5.82. The van der Waals surface area contributed by atoms with Crippen LogP contribution in [-0.4, -0.2) is 42.5 Å². The molecule has 0 unspecified atom stereocenters. The molecule has 2 heterocycles. The van der Waals surface area contributed by atoms with E-state index in [1.54, 1.807) is 0 Å². The van der Waals surface area contributed by atoms with Crippen molar-refractivity contribution in [1.82, 2.24) is 9.88 Å². The van der Waals surface area contributed by atoms with E-state index in [4.69, 9.17) is 0 Å². The van der Waals surface area contributed by atoms with Crippen LogP contribution in [0.1, 0.15) is 9.80 Å². The largest absolute Gasteiger partial charge is 0.334 e. The number of nitrogens with zero attached hydrogens (tertiary/aromatic N) is 2. The molecule has 128 valence electrons. The summed E-state index contributed by atoms with van der Waals surface area (Å²) >= 11 is 1.30. The third kappa shape index (κ3) is 2.81. The molecule has 8 heteroatoms. The van der Waals surface area contributed by atoms with E-state index >= 15 is 0 Å². The molecule has 4 rings (SSSR count). The zero-order valence-electron chi connectivity index (χ0n) is 12.9. The predicted molar refractivity (Wildman–Crippen MR) is 92.9 cm³/mol. The molecule has 0 saturated carbocycles. The van der Waals surface area contributed by atoms with Gasteiger partial charge in [-0.1, -0.05) is 12.1 Å². The van der Waals surface area contributed by atoms with Crippen LogP contribution >= 0.6 is 11.3 Å². The minimum atomic E-state index is -3.57. The van der Waals surface area contributed by atoms with E-state index in [2.05, 4.69) is 4.98 Å². The fraction of sp³-hybridized carbons (Fsp3) is 0.176. The van der Waals surface area contributed by atoms with E-state index in [9.17, 15) is 17.6 Å². The van der Waals surface area contributed by atoms with Gasteiger partial charge in [-0.25, -0.2) is 17.8 Å². The van der Waals surface area contributed by atoms with Crippen LogP contribution in [0, 0.1) is 5.82 Å². The predicted octanol–water partition coefficient (Wildman–Crippen LogP) is 2.73. The number of hydrogen-bond acceptors (Lipinski definition) is 5. The number of fused-ring (bicyclic) bond motifs is 1. The highest BCUT2D eigenvalue weighted by Crippen LogP contribution is 2.28. The molecule has 1 aliphatic rings. The lowest BCUT2D eigenvalue weighted by Crippen LogP contribution is -2.56. The number of carbonyl (C=O) groups is 1. The van der Waals surface area contributed by atoms with E-state index in [0.29, 0.717) is 5.01 Å². The van der Waals surface area contributed by atoms with Gasteiger partial charge < -0.3 is 4.90 Å². The lowest BCUT2D eigenvalue weighted by molar-refractivity contribution is 0.0658. The SMILES string of the molecule is O=C(c1nc2ccccc2s1)N1CC(S(=O)(=O)c2ccc(F)cc2)C1. The number of thiazole rings is 1. The van der Waals surface area contributed by atoms with Crippen LogP contribution in [0.5, 0.6) is 0 Å². The van der Waals surface area contributed by atoms with Crippen molar-refractivity contribution in [2.75, 3.05) is 13.1 Å². The molecule has 5 nitrogen and oxygen atoms in total. The third-order valence-corrected chi connectivity index (χ3v) is 7.32. The van der Waals surface area contributed by atoms with E-state index in [0.717, 1.165) is 22.3 Å². The van der Waals surface area contributed by atoms with Crippen molar-refractivity contribution >= 4 is 37.3 Å². The van der Waals surface area contributed by atoms with E-state index in [1.165, 1.54) is 28.4 Å². The van der Waals surface area contributed by atoms with E-state index in [1.807, 2.05) is 24.3 Å². The van der Waals surface area contributed by atoms with Gasteiger partial charge in [0.25, 0.3) is 5.91 Å². The minimum absolute atomic E-state index is 0.0750. The molecule has 1 fully saturated rings. The summed E-state index contributed by atoms with van der Waals surface area (Å²) in [5.74, 6) is -0.744. The molecule has 0 radical (unpaired) electrons. The Morgan fingerprint density at radius 2 is 1.80 bits per heavy atom. The Hall–Kier alpha value is -2.32. The van der Waals surface area contributed by atoms with Crippen molar-refractivity contribution in [2.24, 2.45) is 0 Å². The Labute approximate surface area is 147 Å². The van der Waals surface area contributed by atoms with Gasteiger partial charge in [-0.15, -0.1) is 11.3 Å². The minimum Gasteiger partial charge on any atom is -0.334 e. The average Bonchev–Trinajstić information content (AvgIpc) is 2.97. The first-order valence-corrected chi connectivity index (χ1v) is 9.96. The Morgan fingerprint density at radius 3 is 2.48 bits per heavy atom. The molecule has 0 spiro atoms. The van der Waals surface area contributed by atoms with Crippen LogP contribution < -0.4 is 0 Å². The summed E-state index contributed by atoms with van der Waals surface area (Å²) in [7, 11) is -3.57. The number of amides is 1. The van der Waals surface area contributed by atoms with Crippen LogP contribution in [-0.2, 0) is 9.84 Å².